The fourth-order valence-corrected chi connectivity index (χ4v) is 1.37. The van der Waals surface area contributed by atoms with E-state index in [9.17, 15) is 14.4 Å². The lowest BCUT2D eigenvalue weighted by Gasteiger charge is -2.06. The molecule has 0 spiro atoms. The van der Waals surface area contributed by atoms with E-state index in [4.69, 9.17) is 0 Å². The molecule has 0 aromatic heterocycles. The lowest BCUT2D eigenvalue weighted by atomic mass is 10.1. The van der Waals surface area contributed by atoms with Crippen molar-refractivity contribution in [3.8, 4) is 0 Å². The molecule has 0 atom stereocenters. The van der Waals surface area contributed by atoms with Gasteiger partial charge >= 0.3 is 17.8 Å². The van der Waals surface area contributed by atoms with Gasteiger partial charge in [0.05, 0.1) is 18.9 Å². The normalized spacial score (nSPS) is 10.5. The fraction of sp³-hybridized carbons (Fsp3) is 0.286. The minimum absolute atomic E-state index is 0.127. The van der Waals surface area contributed by atoms with Crippen molar-refractivity contribution < 1.29 is 19.1 Å². The van der Waals surface area contributed by atoms with E-state index in [2.05, 4.69) is 20.6 Å². The molecule has 0 aliphatic carbocycles. The van der Waals surface area contributed by atoms with Gasteiger partial charge in [-0.2, -0.15) is 5.10 Å². The van der Waals surface area contributed by atoms with Gasteiger partial charge in [0, 0.05) is 6.04 Å². The Bertz CT molecular complexity index is 550. The highest BCUT2D eigenvalue weighted by Gasteiger charge is 2.12. The lowest BCUT2D eigenvalue weighted by Crippen LogP contribution is -2.41. The second kappa shape index (κ2) is 7.78. The molecule has 0 heterocycles. The molecule has 0 saturated heterocycles. The maximum atomic E-state index is 11.4. The standard InChI is InChI=1S/C14H17N3O4/c1-9(2)16-12(18)13(19)17-15-8-10-4-6-11(7-5-10)14(20)21-3/h4-9H,1-3H3,(H,16,18)(H,17,19). The van der Waals surface area contributed by atoms with E-state index < -0.39 is 17.8 Å². The first-order chi connectivity index (χ1) is 9.93. The van der Waals surface area contributed by atoms with Gasteiger partial charge in [0.25, 0.3) is 0 Å². The van der Waals surface area contributed by atoms with Crippen LogP contribution in [0.5, 0.6) is 0 Å². The Labute approximate surface area is 122 Å². The van der Waals surface area contributed by atoms with Crippen molar-refractivity contribution >= 4 is 24.0 Å². The van der Waals surface area contributed by atoms with Gasteiger partial charge in [-0.3, -0.25) is 9.59 Å². The predicted molar refractivity (Wildman–Crippen MR) is 76.8 cm³/mol. The van der Waals surface area contributed by atoms with E-state index in [-0.39, 0.29) is 6.04 Å². The summed E-state index contributed by atoms with van der Waals surface area (Å²) in [6.45, 7) is 3.49. The van der Waals surface area contributed by atoms with Gasteiger partial charge in [-0.15, -0.1) is 0 Å². The van der Waals surface area contributed by atoms with Crippen molar-refractivity contribution in [2.75, 3.05) is 7.11 Å². The largest absolute Gasteiger partial charge is 0.465 e. The highest BCUT2D eigenvalue weighted by Crippen LogP contribution is 2.03. The number of hydrazone groups is 1. The summed E-state index contributed by atoms with van der Waals surface area (Å²) in [4.78, 5) is 33.9. The quantitative estimate of drug-likeness (QED) is 0.364. The second-order valence-corrected chi connectivity index (χ2v) is 4.44. The Morgan fingerprint density at radius 3 is 2.29 bits per heavy atom. The predicted octanol–water partition coefficient (Wildman–Crippen LogP) is 0.448. The van der Waals surface area contributed by atoms with Crippen LogP contribution < -0.4 is 10.7 Å². The van der Waals surface area contributed by atoms with Crippen LogP contribution in [0.2, 0.25) is 0 Å². The summed E-state index contributed by atoms with van der Waals surface area (Å²) in [7, 11) is 1.30. The average molecular weight is 291 g/mol. The number of hydrogen-bond donors (Lipinski definition) is 2. The molecule has 0 aliphatic rings. The molecule has 1 rings (SSSR count). The molecule has 7 nitrogen and oxygen atoms in total. The van der Waals surface area contributed by atoms with Gasteiger partial charge in [-0.05, 0) is 31.5 Å². The summed E-state index contributed by atoms with van der Waals surface area (Å²) in [5.41, 5.74) is 3.18. The van der Waals surface area contributed by atoms with Crippen LogP contribution in [0.25, 0.3) is 0 Å². The van der Waals surface area contributed by atoms with Gasteiger partial charge in [0.1, 0.15) is 0 Å². The number of amides is 2. The summed E-state index contributed by atoms with van der Waals surface area (Å²) in [5, 5.41) is 6.10. The van der Waals surface area contributed by atoms with Crippen LogP contribution in [0.4, 0.5) is 0 Å². The number of benzene rings is 1. The van der Waals surface area contributed by atoms with Crippen LogP contribution in [0.15, 0.2) is 29.4 Å². The van der Waals surface area contributed by atoms with Crippen molar-refractivity contribution in [3.63, 3.8) is 0 Å². The van der Waals surface area contributed by atoms with Gasteiger partial charge in [-0.25, -0.2) is 10.2 Å². The summed E-state index contributed by atoms with van der Waals surface area (Å²) in [5.74, 6) is -2.02. The van der Waals surface area contributed by atoms with Crippen LogP contribution >= 0.6 is 0 Å². The summed E-state index contributed by atoms with van der Waals surface area (Å²) < 4.78 is 4.57. The van der Waals surface area contributed by atoms with Gasteiger partial charge < -0.3 is 10.1 Å². The molecule has 0 unspecified atom stereocenters. The number of hydrogen-bond acceptors (Lipinski definition) is 5. The Morgan fingerprint density at radius 1 is 1.14 bits per heavy atom. The number of esters is 1. The molecule has 0 fully saturated rings. The van der Waals surface area contributed by atoms with Crippen LogP contribution in [-0.4, -0.2) is 37.1 Å². The molecule has 2 amide bonds. The van der Waals surface area contributed by atoms with E-state index in [1.54, 1.807) is 38.1 Å². The Morgan fingerprint density at radius 2 is 1.76 bits per heavy atom. The van der Waals surface area contributed by atoms with Crippen LogP contribution in [-0.2, 0) is 14.3 Å². The third kappa shape index (κ3) is 5.43. The molecule has 1 aromatic rings. The number of rotatable bonds is 4. The molecular formula is C14H17N3O4. The number of ether oxygens (including phenoxy) is 1. The third-order valence-electron chi connectivity index (χ3n) is 2.34. The molecule has 21 heavy (non-hydrogen) atoms. The fourth-order valence-electron chi connectivity index (χ4n) is 1.37. The number of nitrogens with zero attached hydrogens (tertiary/aromatic N) is 1. The molecule has 0 bridgehead atoms. The van der Waals surface area contributed by atoms with E-state index in [0.717, 1.165) is 0 Å². The molecule has 7 heteroatoms. The Kier molecular flexibility index (Phi) is 6.06. The molecule has 0 aliphatic heterocycles. The zero-order valence-corrected chi connectivity index (χ0v) is 12.0. The van der Waals surface area contributed by atoms with Crippen LogP contribution in [0, 0.1) is 0 Å². The zero-order chi connectivity index (χ0) is 15.8. The van der Waals surface area contributed by atoms with Crippen molar-refractivity contribution in [2.45, 2.75) is 19.9 Å². The zero-order valence-electron chi connectivity index (χ0n) is 12.0. The minimum Gasteiger partial charge on any atom is -0.465 e. The first kappa shape index (κ1) is 16.4. The summed E-state index contributed by atoms with van der Waals surface area (Å²) in [6, 6.07) is 6.28. The smallest absolute Gasteiger partial charge is 0.337 e. The SMILES string of the molecule is COC(=O)c1ccc(C=NNC(=O)C(=O)NC(C)C)cc1. The van der Waals surface area contributed by atoms with Crippen molar-refractivity contribution in [2.24, 2.45) is 5.10 Å². The van der Waals surface area contributed by atoms with E-state index in [0.29, 0.717) is 11.1 Å². The topological polar surface area (TPSA) is 96.9 Å². The number of nitrogens with one attached hydrogen (secondary N) is 2. The summed E-state index contributed by atoms with van der Waals surface area (Å²) in [6.07, 6.45) is 1.36. The maximum Gasteiger partial charge on any atom is 0.337 e. The van der Waals surface area contributed by atoms with E-state index in [1.807, 2.05) is 0 Å². The molecule has 2 N–H and O–H groups in total. The third-order valence-corrected chi connectivity index (χ3v) is 2.34. The molecule has 0 radical (unpaired) electrons. The van der Waals surface area contributed by atoms with Crippen molar-refractivity contribution in [1.29, 1.82) is 0 Å². The minimum atomic E-state index is -0.842. The lowest BCUT2D eigenvalue weighted by molar-refractivity contribution is -0.139. The van der Waals surface area contributed by atoms with E-state index >= 15 is 0 Å². The van der Waals surface area contributed by atoms with Crippen LogP contribution in [0.1, 0.15) is 29.8 Å². The van der Waals surface area contributed by atoms with Crippen molar-refractivity contribution in [3.05, 3.63) is 35.4 Å². The summed E-state index contributed by atoms with van der Waals surface area (Å²) >= 11 is 0. The van der Waals surface area contributed by atoms with E-state index in [1.165, 1.54) is 13.3 Å². The Balaban J connectivity index is 2.55. The number of carbonyl (C=O) groups is 3. The number of carbonyl (C=O) groups excluding carboxylic acids is 3. The first-order valence-corrected chi connectivity index (χ1v) is 6.26. The molecule has 1 aromatic carbocycles. The van der Waals surface area contributed by atoms with Gasteiger partial charge in [0.15, 0.2) is 0 Å². The van der Waals surface area contributed by atoms with Gasteiger partial charge in [0.2, 0.25) is 0 Å². The van der Waals surface area contributed by atoms with Crippen molar-refractivity contribution in [1.82, 2.24) is 10.7 Å². The highest BCUT2D eigenvalue weighted by molar-refractivity contribution is 6.35. The van der Waals surface area contributed by atoms with Crippen LogP contribution in [0.3, 0.4) is 0 Å². The maximum absolute atomic E-state index is 11.4. The number of methoxy groups -OCH3 is 1. The molecular weight excluding hydrogens is 274 g/mol. The highest BCUT2D eigenvalue weighted by atomic mass is 16.5. The van der Waals surface area contributed by atoms with Gasteiger partial charge in [-0.1, -0.05) is 12.1 Å². The molecule has 0 saturated carbocycles. The monoisotopic (exact) mass is 291 g/mol. The molecule has 112 valence electrons. The Hall–Kier alpha value is -2.70. The first-order valence-electron chi connectivity index (χ1n) is 6.26. The average Bonchev–Trinajstić information content (AvgIpc) is 2.46. The second-order valence-electron chi connectivity index (χ2n) is 4.44.